The smallest absolute Gasteiger partial charge is 0.261 e. The highest BCUT2D eigenvalue weighted by Gasteiger charge is 2.12. The fraction of sp³-hybridized carbons (Fsp3) is 0. The average molecular weight is 299 g/mol. The summed E-state index contributed by atoms with van der Waals surface area (Å²) in [5.74, 6) is -0.428. The Morgan fingerprint density at radius 2 is 1.81 bits per heavy atom. The number of halogens is 1. The lowest BCUT2D eigenvalue weighted by molar-refractivity contribution is 0.102. The lowest BCUT2D eigenvalue weighted by Gasteiger charge is -2.07. The second kappa shape index (κ2) is 5.42. The van der Waals surface area contributed by atoms with Crippen molar-refractivity contribution in [2.45, 2.75) is 0 Å². The number of hydrogen-bond acceptors (Lipinski definition) is 3. The van der Waals surface area contributed by atoms with Crippen molar-refractivity contribution in [3.63, 3.8) is 0 Å². The Balaban J connectivity index is 2.00. The molecule has 0 saturated carbocycles. The number of hydrogen-bond donors (Lipinski definition) is 2. The second-order valence-corrected chi connectivity index (χ2v) is 4.87. The Kier molecular flexibility index (Phi) is 3.46. The second-order valence-electron chi connectivity index (χ2n) is 4.46. The topological polar surface area (TPSA) is 66.1 Å². The van der Waals surface area contributed by atoms with Gasteiger partial charge in [0, 0.05) is 5.39 Å². The van der Waals surface area contributed by atoms with Crippen molar-refractivity contribution in [2.24, 2.45) is 0 Å². The number of nitrogens with one attached hydrogen (secondary N) is 2. The van der Waals surface area contributed by atoms with Crippen LogP contribution in [0, 0.1) is 5.41 Å². The van der Waals surface area contributed by atoms with Gasteiger partial charge in [-0.15, -0.1) is 0 Å². The standard InChI is InChI=1S/C16H11ClN2O2/c17-12-6-2-3-7-13(12)19-16(20)11-9-10-5-1-4-8-14(10)21-15(11)18/h1-9,18H,(H,19,20). The van der Waals surface area contributed by atoms with Gasteiger partial charge in [-0.25, -0.2) is 0 Å². The SMILES string of the molecule is N=c1oc2ccccc2cc1C(=O)Nc1ccccc1Cl. The Morgan fingerprint density at radius 1 is 1.10 bits per heavy atom. The number of benzene rings is 2. The molecule has 2 aromatic carbocycles. The van der Waals surface area contributed by atoms with Crippen molar-refractivity contribution in [3.05, 3.63) is 70.7 Å². The minimum atomic E-state index is -0.428. The molecule has 0 bridgehead atoms. The van der Waals surface area contributed by atoms with Crippen LogP contribution in [-0.2, 0) is 0 Å². The Bertz CT molecular complexity index is 887. The molecule has 1 amide bonds. The van der Waals surface area contributed by atoms with Crippen LogP contribution in [0.25, 0.3) is 11.0 Å². The highest BCUT2D eigenvalue weighted by Crippen LogP contribution is 2.21. The summed E-state index contributed by atoms with van der Waals surface area (Å²) < 4.78 is 5.35. The van der Waals surface area contributed by atoms with Crippen LogP contribution in [0.3, 0.4) is 0 Å². The number of amides is 1. The van der Waals surface area contributed by atoms with E-state index in [-0.39, 0.29) is 11.1 Å². The van der Waals surface area contributed by atoms with Crippen LogP contribution in [0.15, 0.2) is 59.0 Å². The Morgan fingerprint density at radius 3 is 2.62 bits per heavy atom. The van der Waals surface area contributed by atoms with E-state index in [0.717, 1.165) is 5.39 Å². The lowest BCUT2D eigenvalue weighted by atomic mass is 10.1. The van der Waals surface area contributed by atoms with Gasteiger partial charge in [-0.2, -0.15) is 0 Å². The predicted octanol–water partition coefficient (Wildman–Crippen LogP) is 3.82. The summed E-state index contributed by atoms with van der Waals surface area (Å²) in [5.41, 5.74) is 1.04. The van der Waals surface area contributed by atoms with Crippen LogP contribution >= 0.6 is 11.6 Å². The first-order valence-corrected chi connectivity index (χ1v) is 6.66. The van der Waals surface area contributed by atoms with E-state index in [4.69, 9.17) is 21.4 Å². The first-order valence-electron chi connectivity index (χ1n) is 6.28. The number of para-hydroxylation sites is 2. The van der Waals surface area contributed by atoms with Gasteiger partial charge in [-0.3, -0.25) is 10.2 Å². The summed E-state index contributed by atoms with van der Waals surface area (Å²) in [6.45, 7) is 0. The summed E-state index contributed by atoms with van der Waals surface area (Å²) >= 11 is 6.01. The maximum absolute atomic E-state index is 12.3. The summed E-state index contributed by atoms with van der Waals surface area (Å²) in [4.78, 5) is 12.3. The summed E-state index contributed by atoms with van der Waals surface area (Å²) in [6.07, 6.45) is 0. The van der Waals surface area contributed by atoms with Gasteiger partial charge >= 0.3 is 0 Å². The van der Waals surface area contributed by atoms with E-state index in [1.54, 1.807) is 36.4 Å². The van der Waals surface area contributed by atoms with Gasteiger partial charge in [0.05, 0.1) is 10.7 Å². The quantitative estimate of drug-likeness (QED) is 0.755. The van der Waals surface area contributed by atoms with Crippen LogP contribution in [0.2, 0.25) is 5.02 Å². The molecular weight excluding hydrogens is 288 g/mol. The molecule has 0 radical (unpaired) electrons. The van der Waals surface area contributed by atoms with Crippen molar-refractivity contribution in [1.82, 2.24) is 0 Å². The summed E-state index contributed by atoms with van der Waals surface area (Å²) in [7, 11) is 0. The van der Waals surface area contributed by atoms with Gasteiger partial charge in [0.1, 0.15) is 11.1 Å². The molecule has 0 fully saturated rings. The third kappa shape index (κ3) is 2.66. The number of carbonyl (C=O) groups is 1. The Labute approximate surface area is 125 Å². The lowest BCUT2D eigenvalue weighted by Crippen LogP contribution is -2.20. The van der Waals surface area contributed by atoms with Crippen molar-refractivity contribution in [3.8, 4) is 0 Å². The van der Waals surface area contributed by atoms with Gasteiger partial charge in [0.2, 0.25) is 5.55 Å². The van der Waals surface area contributed by atoms with Gasteiger partial charge in [-0.05, 0) is 24.3 Å². The molecule has 0 aliphatic rings. The first kappa shape index (κ1) is 13.4. The molecule has 1 heterocycles. The minimum Gasteiger partial charge on any atom is -0.438 e. The zero-order chi connectivity index (χ0) is 14.8. The summed E-state index contributed by atoms with van der Waals surface area (Å²) in [5, 5.41) is 11.7. The maximum atomic E-state index is 12.3. The molecule has 3 aromatic rings. The van der Waals surface area contributed by atoms with Crippen molar-refractivity contribution in [1.29, 1.82) is 5.41 Å². The van der Waals surface area contributed by atoms with Gasteiger partial charge < -0.3 is 9.73 Å². The predicted molar refractivity (Wildman–Crippen MR) is 81.5 cm³/mol. The summed E-state index contributed by atoms with van der Waals surface area (Å²) in [6, 6.07) is 15.8. The molecule has 0 atom stereocenters. The van der Waals surface area contributed by atoms with Crippen LogP contribution < -0.4 is 10.9 Å². The van der Waals surface area contributed by atoms with E-state index in [1.165, 1.54) is 0 Å². The molecule has 2 N–H and O–H groups in total. The van der Waals surface area contributed by atoms with E-state index in [9.17, 15) is 4.79 Å². The van der Waals surface area contributed by atoms with Gasteiger partial charge in [-0.1, -0.05) is 41.9 Å². The molecule has 0 saturated heterocycles. The van der Waals surface area contributed by atoms with Crippen molar-refractivity contribution < 1.29 is 9.21 Å². The molecule has 0 aliphatic carbocycles. The molecule has 0 unspecified atom stereocenters. The van der Waals surface area contributed by atoms with E-state index < -0.39 is 5.91 Å². The highest BCUT2D eigenvalue weighted by atomic mass is 35.5. The molecule has 3 rings (SSSR count). The van der Waals surface area contributed by atoms with Crippen LogP contribution in [0.5, 0.6) is 0 Å². The Hall–Kier alpha value is -2.59. The minimum absolute atomic E-state index is 0.161. The normalized spacial score (nSPS) is 10.5. The fourth-order valence-corrected chi connectivity index (χ4v) is 2.18. The third-order valence-corrected chi connectivity index (χ3v) is 3.37. The zero-order valence-corrected chi connectivity index (χ0v) is 11.6. The number of carbonyl (C=O) groups excluding carboxylic acids is 1. The maximum Gasteiger partial charge on any atom is 0.261 e. The molecule has 5 heteroatoms. The van der Waals surface area contributed by atoms with Gasteiger partial charge in [0.15, 0.2) is 0 Å². The van der Waals surface area contributed by atoms with Crippen LogP contribution in [-0.4, -0.2) is 5.91 Å². The van der Waals surface area contributed by atoms with E-state index >= 15 is 0 Å². The molecule has 0 aliphatic heterocycles. The third-order valence-electron chi connectivity index (χ3n) is 3.04. The number of anilines is 1. The van der Waals surface area contributed by atoms with Crippen LogP contribution in [0.4, 0.5) is 5.69 Å². The molecular formula is C16H11ClN2O2. The zero-order valence-electron chi connectivity index (χ0n) is 10.9. The van der Waals surface area contributed by atoms with E-state index in [0.29, 0.717) is 16.3 Å². The number of rotatable bonds is 2. The molecule has 21 heavy (non-hydrogen) atoms. The highest BCUT2D eigenvalue weighted by molar-refractivity contribution is 6.33. The molecule has 104 valence electrons. The fourth-order valence-electron chi connectivity index (χ4n) is 2.00. The number of fused-ring (bicyclic) bond motifs is 1. The van der Waals surface area contributed by atoms with Crippen molar-refractivity contribution in [2.75, 3.05) is 5.32 Å². The van der Waals surface area contributed by atoms with Crippen molar-refractivity contribution >= 4 is 34.2 Å². The van der Waals surface area contributed by atoms with Gasteiger partial charge in [0.25, 0.3) is 5.91 Å². The largest absolute Gasteiger partial charge is 0.438 e. The van der Waals surface area contributed by atoms with Crippen LogP contribution in [0.1, 0.15) is 10.4 Å². The average Bonchev–Trinajstić information content (AvgIpc) is 2.49. The molecule has 1 aromatic heterocycles. The molecule has 0 spiro atoms. The van der Waals surface area contributed by atoms with E-state index in [1.807, 2.05) is 18.2 Å². The molecule has 4 nitrogen and oxygen atoms in total. The monoisotopic (exact) mass is 298 g/mol. The van der Waals surface area contributed by atoms with E-state index in [2.05, 4.69) is 5.32 Å². The first-order chi connectivity index (χ1) is 10.1.